The van der Waals surface area contributed by atoms with Gasteiger partial charge in [0.15, 0.2) is 0 Å². The van der Waals surface area contributed by atoms with Crippen molar-refractivity contribution in [1.82, 2.24) is 0 Å². The molecule has 0 aromatic heterocycles. The summed E-state index contributed by atoms with van der Waals surface area (Å²) in [5.41, 5.74) is 2.40. The largest absolute Gasteiger partial charge is 0.507 e. The zero-order chi connectivity index (χ0) is 11.7. The highest BCUT2D eigenvalue weighted by molar-refractivity contribution is 6.31. The molecular formula is C13H10ClFO. The number of halogens is 2. The first-order valence-electron chi connectivity index (χ1n) is 4.83. The number of phenolic OH excluding ortho intramolecular Hbond substituents is 1. The number of hydrogen-bond donors (Lipinski definition) is 1. The highest BCUT2D eigenvalue weighted by atomic mass is 35.5. The van der Waals surface area contributed by atoms with Gasteiger partial charge in [-0.2, -0.15) is 0 Å². The van der Waals surface area contributed by atoms with E-state index in [1.807, 2.05) is 31.2 Å². The van der Waals surface area contributed by atoms with Crippen LogP contribution >= 0.6 is 11.6 Å². The van der Waals surface area contributed by atoms with E-state index in [2.05, 4.69) is 0 Å². The van der Waals surface area contributed by atoms with Crippen LogP contribution in [0.4, 0.5) is 4.39 Å². The predicted octanol–water partition coefficient (Wildman–Crippen LogP) is 4.16. The maximum absolute atomic E-state index is 13.1. The van der Waals surface area contributed by atoms with E-state index in [-0.39, 0.29) is 10.8 Å². The number of aromatic hydroxyl groups is 1. The molecule has 0 unspecified atom stereocenters. The minimum atomic E-state index is -0.614. The molecule has 0 heterocycles. The van der Waals surface area contributed by atoms with Crippen LogP contribution in [0.15, 0.2) is 36.4 Å². The van der Waals surface area contributed by atoms with E-state index in [9.17, 15) is 9.50 Å². The summed E-state index contributed by atoms with van der Waals surface area (Å²) in [6, 6.07) is 10.0. The van der Waals surface area contributed by atoms with Crippen LogP contribution in [-0.2, 0) is 0 Å². The van der Waals surface area contributed by atoms with Crippen LogP contribution < -0.4 is 0 Å². The molecule has 0 saturated carbocycles. The summed E-state index contributed by atoms with van der Waals surface area (Å²) in [7, 11) is 0. The normalized spacial score (nSPS) is 10.4. The van der Waals surface area contributed by atoms with Crippen molar-refractivity contribution in [3.63, 3.8) is 0 Å². The van der Waals surface area contributed by atoms with E-state index >= 15 is 0 Å². The van der Waals surface area contributed by atoms with Gasteiger partial charge in [0.05, 0.1) is 5.02 Å². The number of hydrogen-bond acceptors (Lipinski definition) is 1. The summed E-state index contributed by atoms with van der Waals surface area (Å²) in [5.74, 6) is -0.715. The third kappa shape index (κ3) is 1.89. The molecule has 0 aliphatic carbocycles. The van der Waals surface area contributed by atoms with Crippen molar-refractivity contribution in [3.05, 3.63) is 52.8 Å². The van der Waals surface area contributed by atoms with Gasteiger partial charge in [-0.1, -0.05) is 35.9 Å². The average molecular weight is 237 g/mol. The fraction of sp³-hybridized carbons (Fsp3) is 0.0769. The van der Waals surface area contributed by atoms with Crippen LogP contribution in [0.25, 0.3) is 11.1 Å². The molecule has 16 heavy (non-hydrogen) atoms. The van der Waals surface area contributed by atoms with Crippen molar-refractivity contribution in [2.24, 2.45) is 0 Å². The maximum atomic E-state index is 13.1. The van der Waals surface area contributed by atoms with Gasteiger partial charge in [-0.15, -0.1) is 0 Å². The molecule has 0 bridgehead atoms. The minimum absolute atomic E-state index is 0.0102. The quantitative estimate of drug-likeness (QED) is 0.788. The van der Waals surface area contributed by atoms with Crippen molar-refractivity contribution in [1.29, 1.82) is 0 Å². The molecular weight excluding hydrogens is 227 g/mol. The predicted molar refractivity (Wildman–Crippen MR) is 63.2 cm³/mol. The second-order valence-electron chi connectivity index (χ2n) is 3.60. The zero-order valence-corrected chi connectivity index (χ0v) is 9.42. The molecule has 0 saturated heterocycles. The first-order valence-corrected chi connectivity index (χ1v) is 5.21. The Kier molecular flexibility index (Phi) is 2.84. The first kappa shape index (κ1) is 11.0. The van der Waals surface area contributed by atoms with Gasteiger partial charge in [0.1, 0.15) is 11.6 Å². The van der Waals surface area contributed by atoms with Gasteiger partial charge in [0.25, 0.3) is 0 Å². The molecule has 3 heteroatoms. The Labute approximate surface area is 98.1 Å². The third-order valence-corrected chi connectivity index (χ3v) is 2.76. The topological polar surface area (TPSA) is 20.2 Å². The van der Waals surface area contributed by atoms with Gasteiger partial charge in [0, 0.05) is 11.6 Å². The number of rotatable bonds is 1. The Morgan fingerprint density at radius 3 is 2.50 bits per heavy atom. The van der Waals surface area contributed by atoms with E-state index in [0.29, 0.717) is 5.56 Å². The minimum Gasteiger partial charge on any atom is -0.507 e. The molecule has 2 rings (SSSR count). The molecule has 1 N–H and O–H groups in total. The fourth-order valence-electron chi connectivity index (χ4n) is 1.63. The standard InChI is InChI=1S/C13H10ClFO/c1-8-4-2-3-5-9(8)10-6-11(14)12(15)7-13(10)16/h2-7,16H,1H3. The lowest BCUT2D eigenvalue weighted by atomic mass is 10.00. The van der Waals surface area contributed by atoms with E-state index in [1.165, 1.54) is 6.07 Å². The zero-order valence-electron chi connectivity index (χ0n) is 8.67. The molecule has 0 fully saturated rings. The van der Waals surface area contributed by atoms with Crippen LogP contribution in [0.5, 0.6) is 5.75 Å². The van der Waals surface area contributed by atoms with Crippen LogP contribution in [0, 0.1) is 12.7 Å². The van der Waals surface area contributed by atoms with Gasteiger partial charge in [0.2, 0.25) is 0 Å². The Hall–Kier alpha value is -1.54. The van der Waals surface area contributed by atoms with Crippen molar-refractivity contribution in [3.8, 4) is 16.9 Å². The van der Waals surface area contributed by atoms with Gasteiger partial charge in [-0.3, -0.25) is 0 Å². The van der Waals surface area contributed by atoms with Crippen molar-refractivity contribution < 1.29 is 9.50 Å². The highest BCUT2D eigenvalue weighted by Crippen LogP contribution is 2.34. The van der Waals surface area contributed by atoms with Crippen LogP contribution in [0.3, 0.4) is 0 Å². The fourth-order valence-corrected chi connectivity index (χ4v) is 1.79. The molecule has 0 spiro atoms. The lowest BCUT2D eigenvalue weighted by Gasteiger charge is -2.08. The van der Waals surface area contributed by atoms with Crippen molar-refractivity contribution >= 4 is 11.6 Å². The summed E-state index contributed by atoms with van der Waals surface area (Å²) in [4.78, 5) is 0. The molecule has 0 aliphatic heterocycles. The summed E-state index contributed by atoms with van der Waals surface area (Å²) >= 11 is 5.70. The third-order valence-electron chi connectivity index (χ3n) is 2.47. The van der Waals surface area contributed by atoms with E-state index in [4.69, 9.17) is 11.6 Å². The van der Waals surface area contributed by atoms with E-state index in [1.54, 1.807) is 0 Å². The van der Waals surface area contributed by atoms with Crippen molar-refractivity contribution in [2.75, 3.05) is 0 Å². The lowest BCUT2D eigenvalue weighted by Crippen LogP contribution is -1.86. The molecule has 2 aromatic rings. The summed E-state index contributed by atoms with van der Waals surface area (Å²) < 4.78 is 13.1. The molecule has 1 nitrogen and oxygen atoms in total. The summed E-state index contributed by atoms with van der Waals surface area (Å²) in [6.07, 6.45) is 0. The monoisotopic (exact) mass is 236 g/mol. The van der Waals surface area contributed by atoms with Crippen molar-refractivity contribution in [2.45, 2.75) is 6.92 Å². The van der Waals surface area contributed by atoms with Gasteiger partial charge in [-0.25, -0.2) is 4.39 Å². The molecule has 0 atom stereocenters. The smallest absolute Gasteiger partial charge is 0.145 e. The van der Waals surface area contributed by atoms with E-state index in [0.717, 1.165) is 17.2 Å². The average Bonchev–Trinajstić information content (AvgIpc) is 2.25. The molecule has 2 aromatic carbocycles. The lowest BCUT2D eigenvalue weighted by molar-refractivity contribution is 0.471. The molecule has 0 aliphatic rings. The summed E-state index contributed by atoms with van der Waals surface area (Å²) in [5, 5.41) is 9.71. The van der Waals surface area contributed by atoms with Gasteiger partial charge in [-0.05, 0) is 24.1 Å². The number of phenols is 1. The Bertz CT molecular complexity index is 537. The second-order valence-corrected chi connectivity index (χ2v) is 4.01. The molecule has 0 radical (unpaired) electrons. The van der Waals surface area contributed by atoms with Crippen LogP contribution in [0.2, 0.25) is 5.02 Å². The number of benzene rings is 2. The molecule has 0 amide bonds. The number of aryl methyl sites for hydroxylation is 1. The Morgan fingerprint density at radius 1 is 1.12 bits per heavy atom. The first-order chi connectivity index (χ1) is 7.59. The molecule has 82 valence electrons. The van der Waals surface area contributed by atoms with E-state index < -0.39 is 5.82 Å². The van der Waals surface area contributed by atoms with Gasteiger partial charge >= 0.3 is 0 Å². The second kappa shape index (κ2) is 4.14. The van der Waals surface area contributed by atoms with Crippen LogP contribution in [0.1, 0.15) is 5.56 Å². The maximum Gasteiger partial charge on any atom is 0.145 e. The summed E-state index contributed by atoms with van der Waals surface area (Å²) in [6.45, 7) is 1.92. The SMILES string of the molecule is Cc1ccccc1-c1cc(Cl)c(F)cc1O. The van der Waals surface area contributed by atoms with Gasteiger partial charge < -0.3 is 5.11 Å². The highest BCUT2D eigenvalue weighted by Gasteiger charge is 2.10. The Morgan fingerprint density at radius 2 is 1.81 bits per heavy atom. The Balaban J connectivity index is 2.65. The van der Waals surface area contributed by atoms with Crippen LogP contribution in [-0.4, -0.2) is 5.11 Å².